The minimum Gasteiger partial charge on any atom is -0.381 e. The van der Waals surface area contributed by atoms with E-state index in [1.54, 1.807) is 11.7 Å². The van der Waals surface area contributed by atoms with Gasteiger partial charge < -0.3 is 4.74 Å². The van der Waals surface area contributed by atoms with Crippen molar-refractivity contribution in [3.8, 4) is 0 Å². The maximum absolute atomic E-state index is 11.5. The molecule has 1 aliphatic carbocycles. The number of aromatic nitrogens is 1. The Bertz CT molecular complexity index is 598. The summed E-state index contributed by atoms with van der Waals surface area (Å²) >= 11 is 0. The second-order valence-corrected chi connectivity index (χ2v) is 6.71. The number of pyridine rings is 1. The van der Waals surface area contributed by atoms with E-state index >= 15 is 0 Å². The van der Waals surface area contributed by atoms with Crippen LogP contribution < -0.4 is 5.48 Å². The minimum absolute atomic E-state index is 0.383. The summed E-state index contributed by atoms with van der Waals surface area (Å²) in [6.45, 7) is 3.66. The third kappa shape index (κ3) is 2.14. The predicted molar refractivity (Wildman–Crippen MR) is 78.5 cm³/mol. The average molecular weight is 303 g/mol. The first kappa shape index (κ1) is 14.1. The summed E-state index contributed by atoms with van der Waals surface area (Å²) in [5.74, 6) is -0.501. The van der Waals surface area contributed by atoms with Crippen LogP contribution in [0.5, 0.6) is 0 Å². The number of hydrogen-bond donors (Lipinski definition) is 2. The first-order valence-corrected chi connectivity index (χ1v) is 7.96. The van der Waals surface area contributed by atoms with Gasteiger partial charge in [-0.25, -0.2) is 5.48 Å². The zero-order chi connectivity index (χ0) is 15.2. The van der Waals surface area contributed by atoms with Crippen molar-refractivity contribution in [2.24, 2.45) is 5.41 Å². The third-order valence-corrected chi connectivity index (χ3v) is 5.64. The lowest BCUT2D eigenvalue weighted by Crippen LogP contribution is -2.56. The fourth-order valence-corrected chi connectivity index (χ4v) is 4.22. The molecule has 0 unspecified atom stereocenters. The molecule has 1 aromatic heterocycles. The number of carbonyl (C=O) groups is 1. The van der Waals surface area contributed by atoms with Gasteiger partial charge in [-0.05, 0) is 37.3 Å². The second-order valence-electron chi connectivity index (χ2n) is 6.71. The van der Waals surface area contributed by atoms with Gasteiger partial charge in [-0.2, -0.15) is 0 Å². The normalized spacial score (nSPS) is 30.9. The smallest absolute Gasteiger partial charge is 0.276 e. The number of amides is 1. The first-order valence-electron chi connectivity index (χ1n) is 7.96. The zero-order valence-corrected chi connectivity index (χ0v) is 12.5. The van der Waals surface area contributed by atoms with Gasteiger partial charge in [0.05, 0.1) is 17.9 Å². The van der Waals surface area contributed by atoms with E-state index in [4.69, 9.17) is 9.94 Å². The van der Waals surface area contributed by atoms with Crippen LogP contribution in [0.1, 0.15) is 40.9 Å². The highest BCUT2D eigenvalue weighted by Gasteiger charge is 2.51. The summed E-state index contributed by atoms with van der Waals surface area (Å²) in [6.07, 6.45) is 6.17. The van der Waals surface area contributed by atoms with Gasteiger partial charge in [0.25, 0.3) is 5.91 Å². The number of nitrogens with zero attached hydrogens (tertiary/aromatic N) is 2. The molecule has 0 bridgehead atoms. The van der Waals surface area contributed by atoms with Crippen molar-refractivity contribution < 1.29 is 14.7 Å². The Morgan fingerprint density at radius 1 is 1.50 bits per heavy atom. The summed E-state index contributed by atoms with van der Waals surface area (Å²) in [4.78, 5) is 18.5. The van der Waals surface area contributed by atoms with Crippen molar-refractivity contribution in [2.75, 3.05) is 19.8 Å². The lowest BCUT2D eigenvalue weighted by atomic mass is 9.63. The molecule has 22 heavy (non-hydrogen) atoms. The Labute approximate surface area is 129 Å². The molecule has 1 spiro atoms. The van der Waals surface area contributed by atoms with E-state index in [1.165, 1.54) is 19.3 Å². The molecule has 0 aromatic carbocycles. The highest BCUT2D eigenvalue weighted by molar-refractivity contribution is 5.93. The predicted octanol–water partition coefficient (Wildman–Crippen LogP) is 1.13. The molecular formula is C16H21N3O3. The molecule has 2 N–H and O–H groups in total. The average Bonchev–Trinajstić information content (AvgIpc) is 3.05. The van der Waals surface area contributed by atoms with Gasteiger partial charge in [0, 0.05) is 37.4 Å². The molecule has 118 valence electrons. The second kappa shape index (κ2) is 5.30. The molecule has 2 fully saturated rings. The molecule has 1 saturated heterocycles. The van der Waals surface area contributed by atoms with Crippen molar-refractivity contribution in [2.45, 2.75) is 38.3 Å². The van der Waals surface area contributed by atoms with Gasteiger partial charge in [0.1, 0.15) is 0 Å². The standard InChI is InChI=1S/C16H21N3O3/c20-15(18-21)12-7-11-2-5-19(9-13(11)17-8-12)14-1-3-16(14)4-6-22-10-16/h7-8,14,21H,1-6,9-10H2,(H,18,20)/t14-,16+/m1/s1. The largest absolute Gasteiger partial charge is 0.381 e. The van der Waals surface area contributed by atoms with E-state index in [0.29, 0.717) is 17.0 Å². The minimum atomic E-state index is -0.501. The van der Waals surface area contributed by atoms with Gasteiger partial charge in [-0.3, -0.25) is 19.9 Å². The molecule has 1 saturated carbocycles. The van der Waals surface area contributed by atoms with Crippen LogP contribution in [0, 0.1) is 5.41 Å². The number of ether oxygens (including phenoxy) is 1. The summed E-state index contributed by atoms with van der Waals surface area (Å²) < 4.78 is 5.64. The van der Waals surface area contributed by atoms with Crippen molar-refractivity contribution in [1.82, 2.24) is 15.4 Å². The van der Waals surface area contributed by atoms with E-state index in [9.17, 15) is 4.79 Å². The van der Waals surface area contributed by atoms with Gasteiger partial charge in [0.2, 0.25) is 0 Å². The lowest BCUT2D eigenvalue weighted by Gasteiger charge is -2.52. The summed E-state index contributed by atoms with van der Waals surface area (Å²) in [7, 11) is 0. The van der Waals surface area contributed by atoms with Crippen molar-refractivity contribution in [3.05, 3.63) is 29.1 Å². The summed E-state index contributed by atoms with van der Waals surface area (Å²) in [5, 5.41) is 8.72. The highest BCUT2D eigenvalue weighted by Crippen LogP contribution is 2.50. The third-order valence-electron chi connectivity index (χ3n) is 5.64. The number of nitrogens with one attached hydrogen (secondary N) is 1. The number of rotatable bonds is 2. The maximum Gasteiger partial charge on any atom is 0.276 e. The maximum atomic E-state index is 11.5. The lowest BCUT2D eigenvalue weighted by molar-refractivity contribution is -0.0393. The van der Waals surface area contributed by atoms with Crippen LogP contribution in [0.4, 0.5) is 0 Å². The van der Waals surface area contributed by atoms with Crippen molar-refractivity contribution >= 4 is 5.91 Å². The molecule has 2 atom stereocenters. The van der Waals surface area contributed by atoms with Crippen LogP contribution in [-0.4, -0.2) is 46.8 Å². The van der Waals surface area contributed by atoms with Gasteiger partial charge in [0.15, 0.2) is 0 Å². The zero-order valence-electron chi connectivity index (χ0n) is 12.5. The number of hydrogen-bond acceptors (Lipinski definition) is 5. The van der Waals surface area contributed by atoms with Gasteiger partial charge in [-0.1, -0.05) is 0 Å². The Kier molecular flexibility index (Phi) is 3.40. The molecule has 2 aliphatic heterocycles. The molecule has 1 aromatic rings. The number of fused-ring (bicyclic) bond motifs is 1. The first-order chi connectivity index (χ1) is 10.7. The Hall–Kier alpha value is -1.50. The fourth-order valence-electron chi connectivity index (χ4n) is 4.22. The number of hydroxylamine groups is 1. The van der Waals surface area contributed by atoms with Crippen LogP contribution in [0.15, 0.2) is 12.3 Å². The van der Waals surface area contributed by atoms with E-state index in [1.807, 2.05) is 6.07 Å². The number of carbonyl (C=O) groups excluding carboxylic acids is 1. The van der Waals surface area contributed by atoms with Gasteiger partial charge >= 0.3 is 0 Å². The topological polar surface area (TPSA) is 74.7 Å². The quantitative estimate of drug-likeness (QED) is 0.633. The molecule has 0 radical (unpaired) electrons. The van der Waals surface area contributed by atoms with Crippen molar-refractivity contribution in [1.29, 1.82) is 0 Å². The Morgan fingerprint density at radius 2 is 2.41 bits per heavy atom. The molecule has 4 rings (SSSR count). The fraction of sp³-hybridized carbons (Fsp3) is 0.625. The van der Waals surface area contributed by atoms with Crippen LogP contribution in [0.25, 0.3) is 0 Å². The summed E-state index contributed by atoms with van der Waals surface area (Å²) in [6, 6.07) is 2.46. The SMILES string of the molecule is O=C(NO)c1cnc2c(c1)CCN([C@@H]1CC[C@@]13CCOC3)C2. The summed E-state index contributed by atoms with van der Waals surface area (Å²) in [5.41, 5.74) is 4.64. The Morgan fingerprint density at radius 3 is 3.09 bits per heavy atom. The monoisotopic (exact) mass is 303 g/mol. The van der Waals surface area contributed by atoms with Gasteiger partial charge in [-0.15, -0.1) is 0 Å². The van der Waals surface area contributed by atoms with E-state index in [0.717, 1.165) is 44.0 Å². The molecule has 6 nitrogen and oxygen atoms in total. The van der Waals surface area contributed by atoms with Crippen LogP contribution in [0.2, 0.25) is 0 Å². The van der Waals surface area contributed by atoms with Crippen molar-refractivity contribution in [3.63, 3.8) is 0 Å². The molecule has 6 heteroatoms. The van der Waals surface area contributed by atoms with E-state index < -0.39 is 5.91 Å². The van der Waals surface area contributed by atoms with Crippen LogP contribution in [0.3, 0.4) is 0 Å². The van der Waals surface area contributed by atoms with E-state index in [2.05, 4.69) is 9.88 Å². The van der Waals surface area contributed by atoms with Crippen LogP contribution >= 0.6 is 0 Å². The van der Waals surface area contributed by atoms with Crippen LogP contribution in [-0.2, 0) is 17.7 Å². The molecule has 3 heterocycles. The molecule has 3 aliphatic rings. The molecule has 1 amide bonds. The molecular weight excluding hydrogens is 282 g/mol. The highest BCUT2D eigenvalue weighted by atomic mass is 16.5. The van der Waals surface area contributed by atoms with E-state index in [-0.39, 0.29) is 0 Å². The Balaban J connectivity index is 1.51.